The van der Waals surface area contributed by atoms with Crippen molar-refractivity contribution in [2.24, 2.45) is 0 Å². The molecule has 80 valence electrons. The largest absolute Gasteiger partial charge is 0.481 e. The SMILES string of the molecule is CC(C)(C#N)c1nc(CCC(=O)O)cs1. The molecular weight excluding hydrogens is 212 g/mol. The predicted octanol–water partition coefficient (Wildman–Crippen LogP) is 1.96. The van der Waals surface area contributed by atoms with Crippen molar-refractivity contribution in [2.75, 3.05) is 0 Å². The van der Waals surface area contributed by atoms with Crippen molar-refractivity contribution < 1.29 is 9.90 Å². The standard InChI is InChI=1S/C10H12N2O2S/c1-10(2,6-11)9-12-7(5-15-9)3-4-8(13)14/h5H,3-4H2,1-2H3,(H,13,14). The zero-order valence-electron chi connectivity index (χ0n) is 8.65. The van der Waals surface area contributed by atoms with Crippen LogP contribution >= 0.6 is 11.3 Å². The molecule has 0 saturated heterocycles. The second kappa shape index (κ2) is 4.41. The normalized spacial score (nSPS) is 11.0. The van der Waals surface area contributed by atoms with Crippen LogP contribution in [0, 0.1) is 11.3 Å². The van der Waals surface area contributed by atoms with Crippen LogP contribution in [0.4, 0.5) is 0 Å². The minimum absolute atomic E-state index is 0.0795. The van der Waals surface area contributed by atoms with Crippen LogP contribution in [-0.4, -0.2) is 16.1 Å². The zero-order valence-corrected chi connectivity index (χ0v) is 9.47. The lowest BCUT2D eigenvalue weighted by Crippen LogP contribution is -2.13. The van der Waals surface area contributed by atoms with Crippen LogP contribution < -0.4 is 0 Å². The number of carboxylic acids is 1. The van der Waals surface area contributed by atoms with E-state index in [9.17, 15) is 4.79 Å². The van der Waals surface area contributed by atoms with E-state index in [2.05, 4.69) is 11.1 Å². The van der Waals surface area contributed by atoms with Crippen molar-refractivity contribution in [3.05, 3.63) is 16.1 Å². The number of nitriles is 1. The first-order chi connectivity index (χ1) is 6.95. The van der Waals surface area contributed by atoms with Gasteiger partial charge < -0.3 is 5.11 Å². The van der Waals surface area contributed by atoms with E-state index in [0.717, 1.165) is 10.7 Å². The van der Waals surface area contributed by atoms with E-state index in [1.54, 1.807) is 13.8 Å². The Morgan fingerprint density at radius 3 is 2.93 bits per heavy atom. The topological polar surface area (TPSA) is 74.0 Å². The van der Waals surface area contributed by atoms with E-state index in [4.69, 9.17) is 10.4 Å². The fraction of sp³-hybridized carbons (Fsp3) is 0.500. The molecule has 0 aromatic carbocycles. The fourth-order valence-electron chi connectivity index (χ4n) is 0.992. The smallest absolute Gasteiger partial charge is 0.303 e. The second-order valence-corrected chi connectivity index (χ2v) is 4.63. The first-order valence-corrected chi connectivity index (χ1v) is 5.41. The summed E-state index contributed by atoms with van der Waals surface area (Å²) >= 11 is 1.41. The minimum Gasteiger partial charge on any atom is -0.481 e. The van der Waals surface area contributed by atoms with E-state index in [1.165, 1.54) is 11.3 Å². The molecule has 0 bridgehead atoms. The quantitative estimate of drug-likeness (QED) is 0.848. The summed E-state index contributed by atoms with van der Waals surface area (Å²) in [5.41, 5.74) is 0.160. The van der Waals surface area contributed by atoms with Gasteiger partial charge in [0.1, 0.15) is 10.4 Å². The summed E-state index contributed by atoms with van der Waals surface area (Å²) in [6.07, 6.45) is 0.503. The van der Waals surface area contributed by atoms with Crippen molar-refractivity contribution >= 4 is 17.3 Å². The van der Waals surface area contributed by atoms with Gasteiger partial charge in [-0.15, -0.1) is 11.3 Å². The Morgan fingerprint density at radius 1 is 1.73 bits per heavy atom. The number of aliphatic carboxylic acids is 1. The molecule has 15 heavy (non-hydrogen) atoms. The van der Waals surface area contributed by atoms with Gasteiger partial charge in [-0.3, -0.25) is 4.79 Å². The highest BCUT2D eigenvalue weighted by Gasteiger charge is 2.23. The molecule has 1 N–H and O–H groups in total. The second-order valence-electron chi connectivity index (χ2n) is 3.77. The lowest BCUT2D eigenvalue weighted by atomic mass is 9.97. The van der Waals surface area contributed by atoms with Crippen molar-refractivity contribution in [1.29, 1.82) is 5.26 Å². The molecule has 0 atom stereocenters. The van der Waals surface area contributed by atoms with Crippen LogP contribution in [0.2, 0.25) is 0 Å². The Bertz CT molecular complexity index is 404. The fourth-order valence-corrected chi connectivity index (χ4v) is 1.92. The molecular formula is C10H12N2O2S. The molecule has 1 aromatic rings. The average molecular weight is 224 g/mol. The van der Waals surface area contributed by atoms with E-state index >= 15 is 0 Å². The monoisotopic (exact) mass is 224 g/mol. The van der Waals surface area contributed by atoms with Crippen molar-refractivity contribution in [2.45, 2.75) is 32.1 Å². The maximum absolute atomic E-state index is 10.4. The third-order valence-electron chi connectivity index (χ3n) is 1.96. The van der Waals surface area contributed by atoms with E-state index in [1.807, 2.05) is 5.38 Å². The van der Waals surface area contributed by atoms with E-state index < -0.39 is 11.4 Å². The van der Waals surface area contributed by atoms with Crippen LogP contribution in [0.5, 0.6) is 0 Å². The molecule has 0 aliphatic heterocycles. The maximum atomic E-state index is 10.4. The summed E-state index contributed by atoms with van der Waals surface area (Å²) in [6.45, 7) is 3.60. The summed E-state index contributed by atoms with van der Waals surface area (Å²) < 4.78 is 0. The molecule has 4 nitrogen and oxygen atoms in total. The number of hydrogen-bond acceptors (Lipinski definition) is 4. The Labute approximate surface area is 92.2 Å². The molecule has 0 saturated carbocycles. The van der Waals surface area contributed by atoms with Gasteiger partial charge in [0.15, 0.2) is 0 Å². The molecule has 0 amide bonds. The van der Waals surface area contributed by atoms with Crippen LogP contribution in [0.1, 0.15) is 31.0 Å². The number of rotatable bonds is 4. The molecule has 0 radical (unpaired) electrons. The highest BCUT2D eigenvalue weighted by Crippen LogP contribution is 2.25. The molecule has 0 unspecified atom stereocenters. The van der Waals surface area contributed by atoms with Crippen LogP contribution in [0.3, 0.4) is 0 Å². The summed E-state index contributed by atoms with van der Waals surface area (Å²) in [7, 11) is 0. The highest BCUT2D eigenvalue weighted by molar-refractivity contribution is 7.09. The van der Waals surface area contributed by atoms with Gasteiger partial charge in [0.25, 0.3) is 0 Å². The average Bonchev–Trinajstić information content (AvgIpc) is 2.63. The Kier molecular flexibility index (Phi) is 3.43. The van der Waals surface area contributed by atoms with Gasteiger partial charge in [0.2, 0.25) is 0 Å². The number of carboxylic acid groups (broad SMARTS) is 1. The number of aryl methyl sites for hydroxylation is 1. The van der Waals surface area contributed by atoms with Gasteiger partial charge in [0.05, 0.1) is 18.2 Å². The molecule has 0 aliphatic rings. The molecule has 0 spiro atoms. The van der Waals surface area contributed by atoms with Gasteiger partial charge in [-0.25, -0.2) is 4.98 Å². The summed E-state index contributed by atoms with van der Waals surface area (Å²) in [5.74, 6) is -0.830. The van der Waals surface area contributed by atoms with Crippen LogP contribution in [-0.2, 0) is 16.6 Å². The predicted molar refractivity (Wildman–Crippen MR) is 56.7 cm³/mol. The third kappa shape index (κ3) is 3.03. The van der Waals surface area contributed by atoms with Gasteiger partial charge in [-0.1, -0.05) is 0 Å². The lowest BCUT2D eigenvalue weighted by Gasteiger charge is -2.09. The van der Waals surface area contributed by atoms with Gasteiger partial charge in [-0.05, 0) is 13.8 Å². The number of nitrogens with zero attached hydrogens (tertiary/aromatic N) is 2. The molecule has 1 heterocycles. The maximum Gasteiger partial charge on any atom is 0.303 e. The molecule has 0 aliphatic carbocycles. The number of hydrogen-bond donors (Lipinski definition) is 1. The van der Waals surface area contributed by atoms with E-state index in [0.29, 0.717) is 6.42 Å². The highest BCUT2D eigenvalue weighted by atomic mass is 32.1. The first kappa shape index (κ1) is 11.7. The first-order valence-electron chi connectivity index (χ1n) is 4.53. The third-order valence-corrected chi connectivity index (χ3v) is 3.18. The Hall–Kier alpha value is -1.41. The molecule has 5 heteroatoms. The molecule has 1 aromatic heterocycles. The van der Waals surface area contributed by atoms with Gasteiger partial charge in [0, 0.05) is 11.8 Å². The summed E-state index contributed by atoms with van der Waals surface area (Å²) in [5, 5.41) is 20.0. The van der Waals surface area contributed by atoms with Crippen molar-refractivity contribution in [3.63, 3.8) is 0 Å². The lowest BCUT2D eigenvalue weighted by molar-refractivity contribution is -0.136. The van der Waals surface area contributed by atoms with Crippen LogP contribution in [0.15, 0.2) is 5.38 Å². The number of carbonyl (C=O) groups is 1. The van der Waals surface area contributed by atoms with E-state index in [-0.39, 0.29) is 6.42 Å². The van der Waals surface area contributed by atoms with Crippen LogP contribution in [0.25, 0.3) is 0 Å². The van der Waals surface area contributed by atoms with Crippen molar-refractivity contribution in [1.82, 2.24) is 4.98 Å². The zero-order chi connectivity index (χ0) is 11.5. The minimum atomic E-state index is -0.830. The van der Waals surface area contributed by atoms with Crippen molar-refractivity contribution in [3.8, 4) is 6.07 Å². The van der Waals surface area contributed by atoms with Gasteiger partial charge >= 0.3 is 5.97 Å². The summed E-state index contributed by atoms with van der Waals surface area (Å²) in [4.78, 5) is 14.6. The number of thiazole rings is 1. The molecule has 0 fully saturated rings. The Balaban J connectivity index is 2.73. The molecule has 1 rings (SSSR count). The number of aromatic nitrogens is 1. The van der Waals surface area contributed by atoms with Gasteiger partial charge in [-0.2, -0.15) is 5.26 Å². The summed E-state index contributed by atoms with van der Waals surface area (Å²) in [6, 6.07) is 2.17. The Morgan fingerprint density at radius 2 is 2.40 bits per heavy atom.